The van der Waals surface area contributed by atoms with Gasteiger partial charge in [-0.3, -0.25) is 14.9 Å². The van der Waals surface area contributed by atoms with Gasteiger partial charge in [0.05, 0.1) is 24.1 Å². The van der Waals surface area contributed by atoms with Gasteiger partial charge in [-0.1, -0.05) is 0 Å². The van der Waals surface area contributed by atoms with E-state index in [1.54, 1.807) is 19.1 Å². The van der Waals surface area contributed by atoms with E-state index in [0.717, 1.165) is 4.90 Å². The Morgan fingerprint density at radius 1 is 1.47 bits per heavy atom. The molecule has 0 radical (unpaired) electrons. The molecule has 7 heteroatoms. The summed E-state index contributed by atoms with van der Waals surface area (Å²) >= 11 is 1.33. The van der Waals surface area contributed by atoms with Crippen molar-refractivity contribution >= 4 is 23.4 Å². The summed E-state index contributed by atoms with van der Waals surface area (Å²) in [6.07, 6.45) is -0.840. The highest BCUT2D eigenvalue weighted by Gasteiger charge is 2.12. The molecule has 1 N–H and O–H groups in total. The molecule has 0 aliphatic heterocycles. The maximum absolute atomic E-state index is 11.1. The fourth-order valence-corrected chi connectivity index (χ4v) is 2.16. The van der Waals surface area contributed by atoms with Gasteiger partial charge < -0.3 is 9.84 Å². The number of hydrogen-bond donors (Lipinski definition) is 1. The van der Waals surface area contributed by atoms with Crippen LogP contribution in [-0.4, -0.2) is 34.5 Å². The number of benzene rings is 1. The highest BCUT2D eigenvalue weighted by molar-refractivity contribution is 7.99. The Labute approximate surface area is 114 Å². The maximum Gasteiger partial charge on any atom is 0.308 e. The number of esters is 1. The van der Waals surface area contributed by atoms with Crippen LogP contribution in [0.1, 0.15) is 13.3 Å². The largest absolute Gasteiger partial charge is 0.466 e. The van der Waals surface area contributed by atoms with E-state index in [2.05, 4.69) is 0 Å². The summed E-state index contributed by atoms with van der Waals surface area (Å²) in [5, 5.41) is 20.1. The number of carbonyl (C=O) groups is 1. The van der Waals surface area contributed by atoms with Crippen LogP contribution in [0.2, 0.25) is 0 Å². The van der Waals surface area contributed by atoms with Gasteiger partial charge in [-0.05, 0) is 19.1 Å². The number of rotatable bonds is 7. The standard InChI is InChI=1S/C12H15NO5S/c1-2-18-12(15)7-10(14)8-19-11-5-3-9(4-6-11)13(16)17/h3-6,10,14H,2,7-8H2,1H3. The molecule has 0 amide bonds. The highest BCUT2D eigenvalue weighted by Crippen LogP contribution is 2.22. The van der Waals surface area contributed by atoms with Crippen molar-refractivity contribution in [2.75, 3.05) is 12.4 Å². The van der Waals surface area contributed by atoms with E-state index in [1.165, 1.54) is 23.9 Å². The molecule has 1 unspecified atom stereocenters. The van der Waals surface area contributed by atoms with Crippen molar-refractivity contribution in [2.45, 2.75) is 24.3 Å². The summed E-state index contributed by atoms with van der Waals surface area (Å²) in [7, 11) is 0. The third-order valence-electron chi connectivity index (χ3n) is 2.20. The summed E-state index contributed by atoms with van der Waals surface area (Å²) in [5.41, 5.74) is 0.0245. The molecule has 0 heterocycles. The number of non-ortho nitro benzene ring substituents is 1. The lowest BCUT2D eigenvalue weighted by Crippen LogP contribution is -2.17. The first kappa shape index (κ1) is 15.5. The van der Waals surface area contributed by atoms with Crippen LogP contribution in [0.4, 0.5) is 5.69 Å². The number of nitrogens with zero attached hydrogens (tertiary/aromatic N) is 1. The molecule has 1 atom stereocenters. The first-order valence-corrected chi connectivity index (χ1v) is 6.72. The lowest BCUT2D eigenvalue weighted by atomic mass is 10.3. The zero-order valence-electron chi connectivity index (χ0n) is 10.4. The smallest absolute Gasteiger partial charge is 0.308 e. The van der Waals surface area contributed by atoms with Crippen LogP contribution in [0.15, 0.2) is 29.2 Å². The average Bonchev–Trinajstić information content (AvgIpc) is 2.37. The molecule has 6 nitrogen and oxygen atoms in total. The van der Waals surface area contributed by atoms with Crippen LogP contribution in [-0.2, 0) is 9.53 Å². The average molecular weight is 285 g/mol. The number of hydrogen-bond acceptors (Lipinski definition) is 6. The predicted molar refractivity (Wildman–Crippen MR) is 71.1 cm³/mol. The monoisotopic (exact) mass is 285 g/mol. The number of nitro benzene ring substituents is 1. The van der Waals surface area contributed by atoms with Crippen molar-refractivity contribution in [2.24, 2.45) is 0 Å². The van der Waals surface area contributed by atoms with Crippen LogP contribution in [0.5, 0.6) is 0 Å². The number of thioether (sulfide) groups is 1. The minimum atomic E-state index is -0.792. The molecule has 0 saturated heterocycles. The first-order valence-electron chi connectivity index (χ1n) is 5.74. The predicted octanol–water partition coefficient (Wildman–Crippen LogP) is 2.00. The second-order valence-corrected chi connectivity index (χ2v) is 4.82. The Bertz CT molecular complexity index is 434. The maximum atomic E-state index is 11.1. The molecular formula is C12H15NO5S. The second-order valence-electron chi connectivity index (χ2n) is 3.72. The summed E-state index contributed by atoms with van der Waals surface area (Å²) in [4.78, 5) is 21.9. The minimum absolute atomic E-state index is 0.0245. The Kier molecular flexibility index (Phi) is 6.31. The van der Waals surface area contributed by atoms with Gasteiger partial charge in [-0.25, -0.2) is 0 Å². The molecule has 0 aliphatic carbocycles. The van der Waals surface area contributed by atoms with Gasteiger partial charge in [0.15, 0.2) is 0 Å². The minimum Gasteiger partial charge on any atom is -0.466 e. The van der Waals surface area contributed by atoms with E-state index in [1.807, 2.05) is 0 Å². The van der Waals surface area contributed by atoms with Crippen molar-refractivity contribution in [1.82, 2.24) is 0 Å². The van der Waals surface area contributed by atoms with E-state index < -0.39 is 17.0 Å². The van der Waals surface area contributed by atoms with Crippen LogP contribution < -0.4 is 0 Å². The number of aliphatic hydroxyl groups excluding tert-OH is 1. The van der Waals surface area contributed by atoms with Crippen molar-refractivity contribution < 1.29 is 19.6 Å². The summed E-state index contributed by atoms with van der Waals surface area (Å²) in [6.45, 7) is 2.00. The van der Waals surface area contributed by atoms with Gasteiger partial charge in [0.25, 0.3) is 5.69 Å². The molecule has 0 aromatic heterocycles. The summed E-state index contributed by atoms with van der Waals surface area (Å²) < 4.78 is 4.72. The molecular weight excluding hydrogens is 270 g/mol. The number of carbonyl (C=O) groups excluding carboxylic acids is 1. The summed E-state index contributed by atoms with van der Waals surface area (Å²) in [5.74, 6) is -0.101. The Balaban J connectivity index is 2.39. The molecule has 0 spiro atoms. The Morgan fingerprint density at radius 2 is 2.11 bits per heavy atom. The van der Waals surface area contributed by atoms with Gasteiger partial charge in [-0.2, -0.15) is 0 Å². The van der Waals surface area contributed by atoms with E-state index >= 15 is 0 Å². The molecule has 1 rings (SSSR count). The van der Waals surface area contributed by atoms with E-state index in [0.29, 0.717) is 12.4 Å². The van der Waals surface area contributed by atoms with Crippen LogP contribution >= 0.6 is 11.8 Å². The second kappa shape index (κ2) is 7.75. The Hall–Kier alpha value is -1.60. The number of nitro groups is 1. The summed E-state index contributed by atoms with van der Waals surface area (Å²) in [6, 6.07) is 6.03. The normalized spacial score (nSPS) is 11.9. The quantitative estimate of drug-likeness (QED) is 0.357. The highest BCUT2D eigenvalue weighted by atomic mass is 32.2. The van der Waals surface area contributed by atoms with Crippen molar-refractivity contribution in [3.8, 4) is 0 Å². The fourth-order valence-electron chi connectivity index (χ4n) is 1.33. The molecule has 0 saturated carbocycles. The lowest BCUT2D eigenvalue weighted by molar-refractivity contribution is -0.384. The number of ether oxygens (including phenoxy) is 1. The third-order valence-corrected chi connectivity index (χ3v) is 3.35. The molecule has 1 aromatic carbocycles. The molecule has 0 aliphatic rings. The van der Waals surface area contributed by atoms with Crippen molar-refractivity contribution in [3.63, 3.8) is 0 Å². The van der Waals surface area contributed by atoms with Crippen molar-refractivity contribution in [3.05, 3.63) is 34.4 Å². The molecule has 19 heavy (non-hydrogen) atoms. The van der Waals surface area contributed by atoms with E-state index in [4.69, 9.17) is 4.74 Å². The topological polar surface area (TPSA) is 89.7 Å². The van der Waals surface area contributed by atoms with Gasteiger partial charge in [0, 0.05) is 22.8 Å². The Morgan fingerprint density at radius 3 is 2.63 bits per heavy atom. The van der Waals surface area contributed by atoms with E-state index in [-0.39, 0.29) is 12.1 Å². The molecule has 104 valence electrons. The lowest BCUT2D eigenvalue weighted by Gasteiger charge is -2.09. The van der Waals surface area contributed by atoms with Gasteiger partial charge in [-0.15, -0.1) is 11.8 Å². The third kappa shape index (κ3) is 5.71. The van der Waals surface area contributed by atoms with Gasteiger partial charge in [0.1, 0.15) is 0 Å². The van der Waals surface area contributed by atoms with Gasteiger partial charge >= 0.3 is 5.97 Å². The fraction of sp³-hybridized carbons (Fsp3) is 0.417. The van der Waals surface area contributed by atoms with E-state index in [9.17, 15) is 20.0 Å². The van der Waals surface area contributed by atoms with Crippen LogP contribution in [0.3, 0.4) is 0 Å². The molecule has 1 aromatic rings. The van der Waals surface area contributed by atoms with Gasteiger partial charge in [0.2, 0.25) is 0 Å². The number of aliphatic hydroxyl groups is 1. The first-order chi connectivity index (χ1) is 9.02. The SMILES string of the molecule is CCOC(=O)CC(O)CSc1ccc([N+](=O)[O-])cc1. The zero-order chi connectivity index (χ0) is 14.3. The van der Waals surface area contributed by atoms with Crippen LogP contribution in [0, 0.1) is 10.1 Å². The van der Waals surface area contributed by atoms with Crippen LogP contribution in [0.25, 0.3) is 0 Å². The molecule has 0 bridgehead atoms. The zero-order valence-corrected chi connectivity index (χ0v) is 11.3. The molecule has 0 fully saturated rings. The van der Waals surface area contributed by atoms with Crippen molar-refractivity contribution in [1.29, 1.82) is 0 Å².